The Balaban J connectivity index is 1.90. The van der Waals surface area contributed by atoms with Crippen molar-refractivity contribution in [3.05, 3.63) is 59.2 Å². The predicted molar refractivity (Wildman–Crippen MR) is 102 cm³/mol. The fraction of sp³-hybridized carbons (Fsp3) is 0.111. The first-order chi connectivity index (χ1) is 13.3. The van der Waals surface area contributed by atoms with Gasteiger partial charge in [0.2, 0.25) is 6.41 Å². The Kier molecular flexibility index (Phi) is 5.59. The number of aromatic nitrogens is 2. The summed E-state index contributed by atoms with van der Waals surface area (Å²) < 4.78 is 44.3. The highest BCUT2D eigenvalue weighted by Gasteiger charge is 2.32. The van der Waals surface area contributed by atoms with Crippen molar-refractivity contribution < 1.29 is 22.7 Å². The summed E-state index contributed by atoms with van der Waals surface area (Å²) in [6.07, 6.45) is -2.73. The second-order valence-corrected chi connectivity index (χ2v) is 6.54. The molecule has 1 heterocycles. The van der Waals surface area contributed by atoms with Crippen molar-refractivity contribution in [2.24, 2.45) is 7.05 Å². The molecule has 0 spiro atoms. The van der Waals surface area contributed by atoms with Gasteiger partial charge >= 0.3 is 6.36 Å². The number of alkyl halides is 3. The first-order valence-electron chi connectivity index (χ1n) is 7.92. The lowest BCUT2D eigenvalue weighted by Crippen LogP contribution is -2.29. The third-order valence-corrected chi connectivity index (χ3v) is 4.21. The molecule has 3 rings (SSSR count). The molecule has 0 saturated carbocycles. The van der Waals surface area contributed by atoms with Gasteiger partial charge in [-0.05, 0) is 40.2 Å². The molecule has 1 amide bonds. The third kappa shape index (κ3) is 4.63. The summed E-state index contributed by atoms with van der Waals surface area (Å²) in [6.45, 7) is 0. The number of aryl methyl sites for hydroxylation is 1. The third-order valence-electron chi connectivity index (χ3n) is 3.63. The Hall–Kier alpha value is -3.01. The van der Waals surface area contributed by atoms with E-state index in [0.717, 1.165) is 21.1 Å². The van der Waals surface area contributed by atoms with Crippen LogP contribution in [0.5, 0.6) is 5.75 Å². The quantitative estimate of drug-likeness (QED) is 0.431. The first-order valence-corrected chi connectivity index (χ1v) is 8.71. The fourth-order valence-corrected chi connectivity index (χ4v) is 3.15. The molecule has 0 saturated heterocycles. The van der Waals surface area contributed by atoms with Crippen LogP contribution in [0.2, 0.25) is 0 Å². The molecule has 0 aliphatic rings. The van der Waals surface area contributed by atoms with Gasteiger partial charge in [-0.1, -0.05) is 24.3 Å². The van der Waals surface area contributed by atoms with Crippen molar-refractivity contribution in [3.63, 3.8) is 0 Å². The minimum atomic E-state index is -4.88. The number of amides is 1. The summed E-state index contributed by atoms with van der Waals surface area (Å²) in [5.41, 5.74) is 4.61. The van der Waals surface area contributed by atoms with Gasteiger partial charge in [-0.3, -0.25) is 14.9 Å². The molecule has 2 aromatic carbocycles. The number of nitrogens with one attached hydrogen (secondary N) is 1. The van der Waals surface area contributed by atoms with Crippen LogP contribution in [-0.2, 0) is 11.8 Å². The first kappa shape index (κ1) is 19.7. The maximum absolute atomic E-state index is 12.6. The van der Waals surface area contributed by atoms with Crippen LogP contribution >= 0.6 is 15.9 Å². The Morgan fingerprint density at radius 3 is 2.61 bits per heavy atom. The molecule has 0 fully saturated rings. The number of para-hydroxylation sites is 2. The number of hydrazine groups is 1. The van der Waals surface area contributed by atoms with Crippen LogP contribution in [0.3, 0.4) is 0 Å². The van der Waals surface area contributed by atoms with E-state index in [1.165, 1.54) is 18.2 Å². The van der Waals surface area contributed by atoms with Gasteiger partial charge in [0, 0.05) is 18.8 Å². The summed E-state index contributed by atoms with van der Waals surface area (Å²) in [4.78, 5) is 11.5. The van der Waals surface area contributed by atoms with Crippen LogP contribution in [0, 0.1) is 0 Å². The number of nitrogens with zero attached hydrogens (tertiary/aromatic N) is 3. The smallest absolute Gasteiger partial charge is 0.403 e. The van der Waals surface area contributed by atoms with Crippen molar-refractivity contribution in [1.82, 2.24) is 9.78 Å². The largest absolute Gasteiger partial charge is 0.573 e. The molecule has 0 atom stereocenters. The average Bonchev–Trinajstić information content (AvgIpc) is 2.97. The van der Waals surface area contributed by atoms with Crippen molar-refractivity contribution in [1.29, 1.82) is 0 Å². The summed E-state index contributed by atoms with van der Waals surface area (Å²) in [7, 11) is 1.78. The zero-order valence-electron chi connectivity index (χ0n) is 14.4. The lowest BCUT2D eigenvalue weighted by molar-refractivity contribution is -0.274. The Morgan fingerprint density at radius 1 is 1.21 bits per heavy atom. The molecule has 0 radical (unpaired) electrons. The van der Waals surface area contributed by atoms with Crippen molar-refractivity contribution in [3.8, 4) is 17.0 Å². The van der Waals surface area contributed by atoms with Gasteiger partial charge in [0.25, 0.3) is 0 Å². The van der Waals surface area contributed by atoms with Crippen molar-refractivity contribution in [2.75, 3.05) is 10.4 Å². The molecular weight excluding hydrogens is 441 g/mol. The standard InChI is InChI=1S/C18H14BrF3N4O2/c1-25-10-14(19)17(24-25)12-5-4-6-13(9-12)23-26(11-27)15-7-2-3-8-16(15)28-18(20,21)22/h2-11,23H,1H3. The van der Waals surface area contributed by atoms with E-state index >= 15 is 0 Å². The van der Waals surface area contributed by atoms with Crippen LogP contribution in [0.1, 0.15) is 0 Å². The molecule has 6 nitrogen and oxygen atoms in total. The van der Waals surface area contributed by atoms with E-state index in [2.05, 4.69) is 31.2 Å². The molecule has 10 heteroatoms. The molecule has 146 valence electrons. The van der Waals surface area contributed by atoms with Gasteiger partial charge < -0.3 is 4.74 Å². The van der Waals surface area contributed by atoms with E-state index < -0.39 is 12.1 Å². The van der Waals surface area contributed by atoms with Gasteiger partial charge in [0.15, 0.2) is 5.75 Å². The number of benzene rings is 2. The zero-order chi connectivity index (χ0) is 20.3. The number of hydrogen-bond acceptors (Lipinski definition) is 4. The SMILES string of the molecule is Cn1cc(Br)c(-c2cccc(NN(C=O)c3ccccc3OC(F)(F)F)c2)n1. The number of carbonyl (C=O) groups excluding carboxylic acids is 1. The second-order valence-electron chi connectivity index (χ2n) is 5.68. The normalized spacial score (nSPS) is 11.2. The van der Waals surface area contributed by atoms with E-state index in [1.54, 1.807) is 36.1 Å². The van der Waals surface area contributed by atoms with Crippen molar-refractivity contribution >= 4 is 33.7 Å². The molecule has 28 heavy (non-hydrogen) atoms. The van der Waals surface area contributed by atoms with Gasteiger partial charge in [-0.15, -0.1) is 13.2 Å². The maximum atomic E-state index is 12.6. The highest BCUT2D eigenvalue weighted by molar-refractivity contribution is 9.10. The van der Waals surface area contributed by atoms with E-state index in [4.69, 9.17) is 0 Å². The van der Waals surface area contributed by atoms with E-state index in [0.29, 0.717) is 17.8 Å². The second kappa shape index (κ2) is 7.93. The molecular formula is C18H14BrF3N4O2. The highest BCUT2D eigenvalue weighted by Crippen LogP contribution is 2.33. The van der Waals surface area contributed by atoms with Gasteiger partial charge in [0.05, 0.1) is 10.2 Å². The summed E-state index contributed by atoms with van der Waals surface area (Å²) >= 11 is 3.42. The van der Waals surface area contributed by atoms with E-state index in [-0.39, 0.29) is 5.69 Å². The maximum Gasteiger partial charge on any atom is 0.573 e. The van der Waals surface area contributed by atoms with Crippen LogP contribution in [0.15, 0.2) is 59.2 Å². The van der Waals surface area contributed by atoms with Crippen LogP contribution in [0.4, 0.5) is 24.5 Å². The van der Waals surface area contributed by atoms with Gasteiger partial charge in [-0.25, -0.2) is 5.01 Å². The van der Waals surface area contributed by atoms with E-state index in [1.807, 2.05) is 6.07 Å². The summed E-state index contributed by atoms with van der Waals surface area (Å²) in [5.74, 6) is -0.502. The predicted octanol–water partition coefficient (Wildman–Crippen LogP) is 4.74. The molecule has 3 aromatic rings. The fourth-order valence-electron chi connectivity index (χ4n) is 2.54. The van der Waals surface area contributed by atoms with Crippen LogP contribution in [-0.4, -0.2) is 22.6 Å². The highest BCUT2D eigenvalue weighted by atomic mass is 79.9. The Labute approximate surface area is 166 Å². The van der Waals surface area contributed by atoms with Gasteiger partial charge in [0.1, 0.15) is 11.4 Å². The number of ether oxygens (including phenoxy) is 1. The minimum Gasteiger partial charge on any atom is -0.403 e. The zero-order valence-corrected chi connectivity index (χ0v) is 16.0. The lowest BCUT2D eigenvalue weighted by Gasteiger charge is -2.23. The number of rotatable bonds is 6. The van der Waals surface area contributed by atoms with Gasteiger partial charge in [-0.2, -0.15) is 5.10 Å². The molecule has 0 aliphatic carbocycles. The summed E-state index contributed by atoms with van der Waals surface area (Å²) in [6, 6.07) is 12.3. The number of halogens is 4. The van der Waals surface area contributed by atoms with Crippen molar-refractivity contribution in [2.45, 2.75) is 6.36 Å². The Bertz CT molecular complexity index is 991. The molecule has 0 aliphatic heterocycles. The number of anilines is 2. The molecule has 1 aromatic heterocycles. The summed E-state index contributed by atoms with van der Waals surface area (Å²) in [5, 5.41) is 5.26. The molecule has 0 unspecified atom stereocenters. The van der Waals surface area contributed by atoms with Crippen LogP contribution in [0.25, 0.3) is 11.3 Å². The Morgan fingerprint density at radius 2 is 1.96 bits per heavy atom. The molecule has 0 bridgehead atoms. The minimum absolute atomic E-state index is 0.0840. The lowest BCUT2D eigenvalue weighted by atomic mass is 10.1. The number of hydrogen-bond donors (Lipinski definition) is 1. The van der Waals surface area contributed by atoms with E-state index in [9.17, 15) is 18.0 Å². The topological polar surface area (TPSA) is 59.4 Å². The number of carbonyl (C=O) groups is 1. The average molecular weight is 455 g/mol. The molecule has 1 N–H and O–H groups in total. The monoisotopic (exact) mass is 454 g/mol. The van der Waals surface area contributed by atoms with Crippen LogP contribution < -0.4 is 15.2 Å².